The van der Waals surface area contributed by atoms with Crippen LogP contribution in [0.15, 0.2) is 24.3 Å². The number of benzene rings is 1. The first-order chi connectivity index (χ1) is 7.77. The summed E-state index contributed by atoms with van der Waals surface area (Å²) in [5.74, 6) is 0.560. The van der Waals surface area contributed by atoms with E-state index in [2.05, 4.69) is 16.5 Å². The van der Waals surface area contributed by atoms with Gasteiger partial charge in [0, 0.05) is 7.11 Å². The van der Waals surface area contributed by atoms with E-state index in [-0.39, 0.29) is 6.04 Å². The summed E-state index contributed by atoms with van der Waals surface area (Å²) in [5.41, 5.74) is 7.97. The lowest BCUT2D eigenvalue weighted by Crippen LogP contribution is -2.15. The van der Waals surface area contributed by atoms with Crippen molar-refractivity contribution in [1.82, 2.24) is 9.55 Å². The van der Waals surface area contributed by atoms with Crippen LogP contribution in [0.3, 0.4) is 0 Å². The maximum atomic E-state index is 5.96. The van der Waals surface area contributed by atoms with Gasteiger partial charge in [0.2, 0.25) is 5.95 Å². The summed E-state index contributed by atoms with van der Waals surface area (Å²) >= 11 is 0. The summed E-state index contributed by atoms with van der Waals surface area (Å²) in [4.78, 5) is 4.35. The molecule has 1 aromatic carbocycles. The molecule has 16 heavy (non-hydrogen) atoms. The Bertz CT molecular complexity index is 478. The molecule has 0 aliphatic heterocycles. The van der Waals surface area contributed by atoms with Gasteiger partial charge in [0.1, 0.15) is 0 Å². The minimum atomic E-state index is 0.248. The summed E-state index contributed by atoms with van der Waals surface area (Å²) in [5, 5.41) is 0. The molecule has 0 aliphatic carbocycles. The zero-order valence-corrected chi connectivity index (χ0v) is 9.68. The van der Waals surface area contributed by atoms with Gasteiger partial charge in [-0.1, -0.05) is 19.1 Å². The SMILES string of the molecule is CCC(COC)n1c(N)nc2ccccc21. The number of methoxy groups -OCH3 is 1. The Morgan fingerprint density at radius 1 is 1.44 bits per heavy atom. The van der Waals surface area contributed by atoms with Gasteiger partial charge in [-0.25, -0.2) is 4.98 Å². The smallest absolute Gasteiger partial charge is 0.201 e. The lowest BCUT2D eigenvalue weighted by Gasteiger charge is -2.17. The molecule has 1 unspecified atom stereocenters. The molecule has 0 fully saturated rings. The standard InChI is InChI=1S/C12H17N3O/c1-3-9(8-16-2)15-11-7-5-4-6-10(11)14-12(15)13/h4-7,9H,3,8H2,1-2H3,(H2,13,14). The summed E-state index contributed by atoms with van der Waals surface area (Å²) < 4.78 is 7.27. The highest BCUT2D eigenvalue weighted by atomic mass is 16.5. The maximum absolute atomic E-state index is 5.96. The number of nitrogens with zero attached hydrogens (tertiary/aromatic N) is 2. The van der Waals surface area contributed by atoms with Crippen molar-refractivity contribution in [2.45, 2.75) is 19.4 Å². The van der Waals surface area contributed by atoms with Gasteiger partial charge in [-0.2, -0.15) is 0 Å². The van der Waals surface area contributed by atoms with E-state index in [0.29, 0.717) is 12.6 Å². The topological polar surface area (TPSA) is 53.1 Å². The second kappa shape index (κ2) is 4.53. The molecule has 4 heteroatoms. The highest BCUT2D eigenvalue weighted by molar-refractivity contribution is 5.78. The molecule has 4 nitrogen and oxygen atoms in total. The van der Waals surface area contributed by atoms with E-state index in [0.717, 1.165) is 17.5 Å². The van der Waals surface area contributed by atoms with Crippen LogP contribution < -0.4 is 5.73 Å². The van der Waals surface area contributed by atoms with Gasteiger partial charge < -0.3 is 15.0 Å². The molecule has 0 aliphatic rings. The maximum Gasteiger partial charge on any atom is 0.201 e. The number of fused-ring (bicyclic) bond motifs is 1. The number of ether oxygens (including phenoxy) is 1. The van der Waals surface area contributed by atoms with Gasteiger partial charge in [0.15, 0.2) is 0 Å². The molecular formula is C12H17N3O. The van der Waals surface area contributed by atoms with Crippen LogP contribution in [0.5, 0.6) is 0 Å². The third-order valence-electron chi connectivity index (χ3n) is 2.82. The van der Waals surface area contributed by atoms with Gasteiger partial charge in [0.05, 0.1) is 23.7 Å². The quantitative estimate of drug-likeness (QED) is 0.857. The van der Waals surface area contributed by atoms with Crippen LogP contribution >= 0.6 is 0 Å². The molecule has 0 spiro atoms. The minimum absolute atomic E-state index is 0.248. The van der Waals surface area contributed by atoms with Gasteiger partial charge >= 0.3 is 0 Å². The van der Waals surface area contributed by atoms with Gasteiger partial charge in [-0.15, -0.1) is 0 Å². The van der Waals surface area contributed by atoms with E-state index < -0.39 is 0 Å². The first-order valence-electron chi connectivity index (χ1n) is 5.49. The monoisotopic (exact) mass is 219 g/mol. The van der Waals surface area contributed by atoms with Crippen molar-refractivity contribution in [1.29, 1.82) is 0 Å². The predicted molar refractivity (Wildman–Crippen MR) is 65.3 cm³/mol. The molecular weight excluding hydrogens is 202 g/mol. The third kappa shape index (κ3) is 1.76. The van der Waals surface area contributed by atoms with Crippen LogP contribution in [0.1, 0.15) is 19.4 Å². The average Bonchev–Trinajstić information content (AvgIpc) is 2.62. The fraction of sp³-hybridized carbons (Fsp3) is 0.417. The molecule has 1 heterocycles. The van der Waals surface area contributed by atoms with Gasteiger partial charge in [0.25, 0.3) is 0 Å². The Morgan fingerprint density at radius 2 is 2.19 bits per heavy atom. The number of para-hydroxylation sites is 2. The number of anilines is 1. The average molecular weight is 219 g/mol. The van der Waals surface area contributed by atoms with Crippen molar-refractivity contribution < 1.29 is 4.74 Å². The highest BCUT2D eigenvalue weighted by Gasteiger charge is 2.15. The van der Waals surface area contributed by atoms with E-state index in [9.17, 15) is 0 Å². The highest BCUT2D eigenvalue weighted by Crippen LogP contribution is 2.24. The molecule has 2 rings (SSSR count). The van der Waals surface area contributed by atoms with Crippen LogP contribution in [0.2, 0.25) is 0 Å². The number of aromatic nitrogens is 2. The van der Waals surface area contributed by atoms with Gasteiger partial charge in [-0.05, 0) is 18.6 Å². The molecule has 1 atom stereocenters. The molecule has 86 valence electrons. The Kier molecular flexibility index (Phi) is 3.10. The molecule has 2 N–H and O–H groups in total. The molecule has 2 aromatic rings. The summed E-state index contributed by atoms with van der Waals surface area (Å²) in [7, 11) is 1.71. The normalized spacial score (nSPS) is 13.1. The van der Waals surface area contributed by atoms with E-state index in [1.807, 2.05) is 24.3 Å². The zero-order chi connectivity index (χ0) is 11.5. The molecule has 0 saturated carbocycles. The fourth-order valence-corrected chi connectivity index (χ4v) is 2.01. The number of nitrogens with two attached hydrogens (primary N) is 1. The first kappa shape index (κ1) is 11.0. The van der Waals surface area contributed by atoms with E-state index in [1.54, 1.807) is 7.11 Å². The van der Waals surface area contributed by atoms with Crippen LogP contribution in [-0.2, 0) is 4.74 Å². The van der Waals surface area contributed by atoms with Crippen molar-refractivity contribution in [2.24, 2.45) is 0 Å². The van der Waals surface area contributed by atoms with E-state index >= 15 is 0 Å². The number of rotatable bonds is 4. The molecule has 0 amide bonds. The second-order valence-electron chi connectivity index (χ2n) is 3.85. The van der Waals surface area contributed by atoms with Gasteiger partial charge in [-0.3, -0.25) is 0 Å². The Morgan fingerprint density at radius 3 is 2.88 bits per heavy atom. The minimum Gasteiger partial charge on any atom is -0.383 e. The summed E-state index contributed by atoms with van der Waals surface area (Å²) in [6.45, 7) is 2.78. The number of hydrogen-bond donors (Lipinski definition) is 1. The van der Waals surface area contributed by atoms with E-state index in [4.69, 9.17) is 10.5 Å². The zero-order valence-electron chi connectivity index (χ0n) is 9.68. The Balaban J connectivity index is 2.53. The Labute approximate surface area is 95.0 Å². The Hall–Kier alpha value is -1.55. The molecule has 0 saturated heterocycles. The van der Waals surface area contributed by atoms with E-state index in [1.165, 1.54) is 0 Å². The van der Waals surface area contributed by atoms with Crippen molar-refractivity contribution >= 4 is 17.0 Å². The molecule has 0 radical (unpaired) electrons. The molecule has 0 bridgehead atoms. The lowest BCUT2D eigenvalue weighted by atomic mass is 10.2. The fourth-order valence-electron chi connectivity index (χ4n) is 2.01. The lowest BCUT2D eigenvalue weighted by molar-refractivity contribution is 0.155. The van der Waals surface area contributed by atoms with Crippen LogP contribution in [0.4, 0.5) is 5.95 Å². The first-order valence-corrected chi connectivity index (χ1v) is 5.49. The van der Waals surface area contributed by atoms with Crippen LogP contribution in [-0.4, -0.2) is 23.3 Å². The number of hydrogen-bond acceptors (Lipinski definition) is 3. The second-order valence-corrected chi connectivity index (χ2v) is 3.85. The van der Waals surface area contributed by atoms with Crippen LogP contribution in [0.25, 0.3) is 11.0 Å². The van der Waals surface area contributed by atoms with Crippen molar-refractivity contribution in [2.75, 3.05) is 19.5 Å². The summed E-state index contributed by atoms with van der Waals surface area (Å²) in [6, 6.07) is 8.23. The van der Waals surface area contributed by atoms with Crippen LogP contribution in [0, 0.1) is 0 Å². The van der Waals surface area contributed by atoms with Crippen molar-refractivity contribution in [3.63, 3.8) is 0 Å². The number of nitrogen functional groups attached to an aromatic ring is 1. The van der Waals surface area contributed by atoms with Crippen molar-refractivity contribution in [3.05, 3.63) is 24.3 Å². The third-order valence-corrected chi connectivity index (χ3v) is 2.82. The summed E-state index contributed by atoms with van der Waals surface area (Å²) in [6.07, 6.45) is 0.971. The predicted octanol–water partition coefficient (Wildman–Crippen LogP) is 2.22. The largest absolute Gasteiger partial charge is 0.383 e. The van der Waals surface area contributed by atoms with Crippen molar-refractivity contribution in [3.8, 4) is 0 Å². The molecule has 1 aromatic heterocycles. The number of imidazole rings is 1.